The van der Waals surface area contributed by atoms with Crippen LogP contribution in [0.3, 0.4) is 0 Å². The van der Waals surface area contributed by atoms with Gasteiger partial charge < -0.3 is 10.2 Å². The summed E-state index contributed by atoms with van der Waals surface area (Å²) in [5, 5.41) is 3.39. The second kappa shape index (κ2) is 5.34. The van der Waals surface area contributed by atoms with E-state index in [2.05, 4.69) is 27.2 Å². The van der Waals surface area contributed by atoms with Gasteiger partial charge in [-0.05, 0) is 44.0 Å². The number of anilines is 1. The molecule has 1 N–H and O–H groups in total. The second-order valence-corrected chi connectivity index (χ2v) is 6.53. The van der Waals surface area contributed by atoms with E-state index in [1.165, 1.54) is 31.5 Å². The highest BCUT2D eigenvalue weighted by Crippen LogP contribution is 2.27. The lowest BCUT2D eigenvalue weighted by Crippen LogP contribution is -2.43. The molecule has 3 aliphatic heterocycles. The lowest BCUT2D eigenvalue weighted by Gasteiger charge is -2.25. The maximum Gasteiger partial charge on any atom is 0.245 e. The SMILES string of the molecule is O=C([C@H]1Cc2ccccc2N1)N1CC[C@@H](N2CCCC2)C1. The van der Waals surface area contributed by atoms with Crippen LogP contribution in [0.2, 0.25) is 0 Å². The van der Waals surface area contributed by atoms with Crippen molar-refractivity contribution in [1.29, 1.82) is 0 Å². The van der Waals surface area contributed by atoms with Crippen LogP contribution in [0.5, 0.6) is 0 Å². The van der Waals surface area contributed by atoms with Crippen molar-refractivity contribution in [2.75, 3.05) is 31.5 Å². The number of carbonyl (C=O) groups is 1. The third-order valence-electron chi connectivity index (χ3n) is 5.20. The van der Waals surface area contributed by atoms with Crippen LogP contribution in [-0.4, -0.2) is 54.0 Å². The molecule has 0 spiro atoms. The highest BCUT2D eigenvalue weighted by atomic mass is 16.2. The smallest absolute Gasteiger partial charge is 0.245 e. The lowest BCUT2D eigenvalue weighted by molar-refractivity contribution is -0.131. The van der Waals surface area contributed by atoms with E-state index in [4.69, 9.17) is 0 Å². The minimum absolute atomic E-state index is 0.0558. The fourth-order valence-electron chi connectivity index (χ4n) is 4.01. The Balaban J connectivity index is 1.38. The molecule has 3 heterocycles. The van der Waals surface area contributed by atoms with E-state index in [9.17, 15) is 4.79 Å². The van der Waals surface area contributed by atoms with E-state index in [0.29, 0.717) is 6.04 Å². The Bertz CT molecular complexity index is 514. The molecule has 2 saturated heterocycles. The van der Waals surface area contributed by atoms with Crippen LogP contribution >= 0.6 is 0 Å². The molecule has 2 fully saturated rings. The molecule has 4 rings (SSSR count). The Morgan fingerprint density at radius 1 is 1.14 bits per heavy atom. The van der Waals surface area contributed by atoms with E-state index in [-0.39, 0.29) is 11.9 Å². The number of rotatable bonds is 2. The van der Waals surface area contributed by atoms with Crippen LogP contribution in [0.4, 0.5) is 5.69 Å². The number of fused-ring (bicyclic) bond motifs is 1. The molecular weight excluding hydrogens is 262 g/mol. The van der Waals surface area contributed by atoms with Crippen molar-refractivity contribution >= 4 is 11.6 Å². The first-order valence-corrected chi connectivity index (χ1v) is 8.18. The molecule has 0 aliphatic carbocycles. The molecule has 1 aromatic rings. The number of carbonyl (C=O) groups excluding carboxylic acids is 1. The minimum atomic E-state index is -0.0558. The fourth-order valence-corrected chi connectivity index (χ4v) is 4.01. The highest BCUT2D eigenvalue weighted by molar-refractivity contribution is 5.87. The summed E-state index contributed by atoms with van der Waals surface area (Å²) >= 11 is 0. The summed E-state index contributed by atoms with van der Waals surface area (Å²) in [5.74, 6) is 0.285. The molecule has 1 aromatic carbocycles. The van der Waals surface area contributed by atoms with Gasteiger partial charge in [-0.15, -0.1) is 0 Å². The zero-order valence-corrected chi connectivity index (χ0v) is 12.4. The lowest BCUT2D eigenvalue weighted by atomic mass is 10.1. The summed E-state index contributed by atoms with van der Waals surface area (Å²) in [6.45, 7) is 4.29. The molecule has 21 heavy (non-hydrogen) atoms. The maximum atomic E-state index is 12.7. The summed E-state index contributed by atoms with van der Waals surface area (Å²) < 4.78 is 0. The summed E-state index contributed by atoms with van der Waals surface area (Å²) in [7, 11) is 0. The largest absolute Gasteiger partial charge is 0.373 e. The van der Waals surface area contributed by atoms with Gasteiger partial charge in [0.05, 0.1) is 0 Å². The van der Waals surface area contributed by atoms with E-state index < -0.39 is 0 Å². The standard InChI is InChI=1S/C17H23N3O/c21-17(16-11-13-5-1-2-6-15(13)18-16)20-10-7-14(12-20)19-8-3-4-9-19/h1-2,5-6,14,16,18H,3-4,7-12H2/t14-,16-/m1/s1. The molecule has 0 aromatic heterocycles. The second-order valence-electron chi connectivity index (χ2n) is 6.53. The molecule has 3 aliphatic rings. The van der Waals surface area contributed by atoms with Gasteiger partial charge in [0.15, 0.2) is 0 Å². The summed E-state index contributed by atoms with van der Waals surface area (Å²) in [6, 6.07) is 8.80. The Labute approximate surface area is 126 Å². The van der Waals surface area contributed by atoms with Gasteiger partial charge >= 0.3 is 0 Å². The van der Waals surface area contributed by atoms with Gasteiger partial charge in [-0.2, -0.15) is 0 Å². The molecule has 4 heteroatoms. The number of likely N-dealkylation sites (tertiary alicyclic amines) is 2. The van der Waals surface area contributed by atoms with E-state index in [0.717, 1.165) is 31.6 Å². The van der Waals surface area contributed by atoms with Crippen LogP contribution < -0.4 is 5.32 Å². The monoisotopic (exact) mass is 285 g/mol. The number of amides is 1. The molecule has 2 atom stereocenters. The number of para-hydroxylation sites is 1. The van der Waals surface area contributed by atoms with Crippen molar-refractivity contribution in [3.63, 3.8) is 0 Å². The van der Waals surface area contributed by atoms with E-state index in [1.807, 2.05) is 12.1 Å². The first-order valence-electron chi connectivity index (χ1n) is 8.18. The summed E-state index contributed by atoms with van der Waals surface area (Å²) in [6.07, 6.45) is 4.62. The predicted molar refractivity (Wildman–Crippen MR) is 83.3 cm³/mol. The topological polar surface area (TPSA) is 35.6 Å². The Morgan fingerprint density at radius 2 is 1.95 bits per heavy atom. The van der Waals surface area contributed by atoms with Gasteiger partial charge in [0.1, 0.15) is 6.04 Å². The van der Waals surface area contributed by atoms with Crippen molar-refractivity contribution in [3.8, 4) is 0 Å². The first kappa shape index (κ1) is 13.1. The van der Waals surface area contributed by atoms with Gasteiger partial charge in [-0.25, -0.2) is 0 Å². The van der Waals surface area contributed by atoms with E-state index in [1.54, 1.807) is 0 Å². The van der Waals surface area contributed by atoms with Gasteiger partial charge in [-0.3, -0.25) is 9.69 Å². The van der Waals surface area contributed by atoms with E-state index >= 15 is 0 Å². The van der Waals surface area contributed by atoms with Gasteiger partial charge in [0, 0.05) is 31.2 Å². The van der Waals surface area contributed by atoms with Gasteiger partial charge in [0.25, 0.3) is 0 Å². The molecular formula is C17H23N3O. The Hall–Kier alpha value is -1.55. The van der Waals surface area contributed by atoms with Crippen LogP contribution in [0, 0.1) is 0 Å². The van der Waals surface area contributed by atoms with Crippen LogP contribution in [-0.2, 0) is 11.2 Å². The van der Waals surface area contributed by atoms with Crippen molar-refractivity contribution in [3.05, 3.63) is 29.8 Å². The first-order chi connectivity index (χ1) is 10.3. The zero-order chi connectivity index (χ0) is 14.2. The predicted octanol–water partition coefficient (Wildman–Crippen LogP) is 1.72. The van der Waals surface area contributed by atoms with Crippen molar-refractivity contribution < 1.29 is 4.79 Å². The van der Waals surface area contributed by atoms with Crippen molar-refractivity contribution in [2.24, 2.45) is 0 Å². The molecule has 112 valence electrons. The van der Waals surface area contributed by atoms with Gasteiger partial charge in [-0.1, -0.05) is 18.2 Å². The van der Waals surface area contributed by atoms with Crippen molar-refractivity contribution in [2.45, 2.75) is 37.8 Å². The van der Waals surface area contributed by atoms with Crippen LogP contribution in [0.1, 0.15) is 24.8 Å². The minimum Gasteiger partial charge on any atom is -0.373 e. The molecule has 0 saturated carbocycles. The molecule has 4 nitrogen and oxygen atoms in total. The highest BCUT2D eigenvalue weighted by Gasteiger charge is 2.36. The van der Waals surface area contributed by atoms with Crippen LogP contribution in [0.25, 0.3) is 0 Å². The fraction of sp³-hybridized carbons (Fsp3) is 0.588. The number of hydrogen-bond donors (Lipinski definition) is 1. The average Bonchev–Trinajstić information content (AvgIpc) is 3.24. The normalized spacial score (nSPS) is 28.7. The third-order valence-corrected chi connectivity index (χ3v) is 5.20. The maximum absolute atomic E-state index is 12.7. The Kier molecular flexibility index (Phi) is 3.34. The molecule has 0 radical (unpaired) electrons. The number of benzene rings is 1. The molecule has 0 bridgehead atoms. The quantitative estimate of drug-likeness (QED) is 0.899. The summed E-state index contributed by atoms with van der Waals surface area (Å²) in [4.78, 5) is 17.4. The number of nitrogens with one attached hydrogen (secondary N) is 1. The number of hydrogen-bond acceptors (Lipinski definition) is 3. The molecule has 1 amide bonds. The molecule has 0 unspecified atom stereocenters. The summed E-state index contributed by atoms with van der Waals surface area (Å²) in [5.41, 5.74) is 2.40. The zero-order valence-electron chi connectivity index (χ0n) is 12.4. The third kappa shape index (κ3) is 2.42. The van der Waals surface area contributed by atoms with Crippen molar-refractivity contribution in [1.82, 2.24) is 9.80 Å². The average molecular weight is 285 g/mol. The number of nitrogens with zero attached hydrogens (tertiary/aromatic N) is 2. The van der Waals surface area contributed by atoms with Gasteiger partial charge in [0.2, 0.25) is 5.91 Å². The van der Waals surface area contributed by atoms with Crippen LogP contribution in [0.15, 0.2) is 24.3 Å². The Morgan fingerprint density at radius 3 is 2.76 bits per heavy atom.